The van der Waals surface area contributed by atoms with Crippen LogP contribution in [0.2, 0.25) is 0 Å². The van der Waals surface area contributed by atoms with Crippen molar-refractivity contribution in [1.82, 2.24) is 0 Å². The molecule has 4 nitrogen and oxygen atoms in total. The topological polar surface area (TPSA) is 46.9 Å². The fourth-order valence-corrected chi connectivity index (χ4v) is 3.04. The number of nitrogens with zero attached hydrogens (tertiary/aromatic N) is 2. The van der Waals surface area contributed by atoms with Crippen LogP contribution in [-0.4, -0.2) is 22.9 Å². The molecule has 0 bridgehead atoms. The highest BCUT2D eigenvalue weighted by Gasteiger charge is 2.34. The van der Waals surface area contributed by atoms with E-state index in [1.165, 1.54) is 0 Å². The number of aliphatic hydroxyl groups is 1. The van der Waals surface area contributed by atoms with Gasteiger partial charge in [-0.25, -0.2) is 0 Å². The first kappa shape index (κ1) is 12.3. The van der Waals surface area contributed by atoms with E-state index in [1.54, 1.807) is 12.1 Å². The molecular formula is C17H16N2O2. The van der Waals surface area contributed by atoms with Gasteiger partial charge in [0.25, 0.3) is 0 Å². The molecule has 0 aliphatic carbocycles. The second kappa shape index (κ2) is 4.53. The Morgan fingerprint density at radius 1 is 0.952 bits per heavy atom. The van der Waals surface area contributed by atoms with Gasteiger partial charge in [-0.15, -0.1) is 0 Å². The van der Waals surface area contributed by atoms with Crippen molar-refractivity contribution < 1.29 is 10.2 Å². The Bertz CT molecular complexity index is 709. The molecule has 2 aromatic rings. The van der Waals surface area contributed by atoms with Gasteiger partial charge >= 0.3 is 0 Å². The Kier molecular flexibility index (Phi) is 2.65. The Labute approximate surface area is 123 Å². The number of aromatic hydroxyl groups is 1. The highest BCUT2D eigenvalue weighted by molar-refractivity contribution is 5.88. The predicted molar refractivity (Wildman–Crippen MR) is 82.7 cm³/mol. The zero-order valence-electron chi connectivity index (χ0n) is 11.5. The SMILES string of the molecule is Oc1ccc(N2C3=CC(O)CCN3c3ccccc32)cc1. The van der Waals surface area contributed by atoms with Crippen molar-refractivity contribution in [2.45, 2.75) is 12.5 Å². The number of anilines is 3. The van der Waals surface area contributed by atoms with Gasteiger partial charge in [-0.3, -0.25) is 4.90 Å². The number of aliphatic hydroxyl groups excluding tert-OH is 1. The van der Waals surface area contributed by atoms with Gasteiger partial charge in [0, 0.05) is 12.2 Å². The maximum absolute atomic E-state index is 9.97. The molecule has 0 fully saturated rings. The zero-order chi connectivity index (χ0) is 14.4. The van der Waals surface area contributed by atoms with Gasteiger partial charge in [-0.1, -0.05) is 12.1 Å². The van der Waals surface area contributed by atoms with E-state index < -0.39 is 6.10 Å². The molecule has 0 radical (unpaired) electrons. The number of phenols is 1. The maximum atomic E-state index is 9.97. The molecule has 1 atom stereocenters. The Morgan fingerprint density at radius 2 is 1.67 bits per heavy atom. The van der Waals surface area contributed by atoms with E-state index in [-0.39, 0.29) is 5.75 Å². The summed E-state index contributed by atoms with van der Waals surface area (Å²) in [6.07, 6.45) is 2.22. The largest absolute Gasteiger partial charge is 0.508 e. The number of hydrogen-bond acceptors (Lipinski definition) is 4. The molecule has 2 aliphatic heterocycles. The van der Waals surface area contributed by atoms with Crippen molar-refractivity contribution in [1.29, 1.82) is 0 Å². The first-order valence-corrected chi connectivity index (χ1v) is 7.10. The second-order valence-electron chi connectivity index (χ2n) is 5.37. The highest BCUT2D eigenvalue weighted by Crippen LogP contribution is 2.47. The maximum Gasteiger partial charge on any atom is 0.116 e. The molecule has 0 aromatic heterocycles. The molecule has 21 heavy (non-hydrogen) atoms. The Balaban J connectivity index is 1.89. The van der Waals surface area contributed by atoms with Gasteiger partial charge in [0.1, 0.15) is 11.6 Å². The van der Waals surface area contributed by atoms with Crippen LogP contribution in [0.5, 0.6) is 5.75 Å². The van der Waals surface area contributed by atoms with Crippen LogP contribution in [0.4, 0.5) is 17.1 Å². The number of fused-ring (bicyclic) bond motifs is 3. The summed E-state index contributed by atoms with van der Waals surface area (Å²) in [5.74, 6) is 1.24. The molecular weight excluding hydrogens is 264 g/mol. The lowest BCUT2D eigenvalue weighted by Crippen LogP contribution is -2.33. The lowest BCUT2D eigenvalue weighted by atomic mass is 10.1. The standard InChI is InChI=1S/C17H16N2O2/c20-13-7-5-12(6-8-13)19-16-4-2-1-3-15(16)18-10-9-14(21)11-17(18)19/h1-8,11,14,20-21H,9-10H2. The van der Waals surface area contributed by atoms with Gasteiger partial charge in [-0.05, 0) is 48.9 Å². The third kappa shape index (κ3) is 1.87. The van der Waals surface area contributed by atoms with Crippen molar-refractivity contribution in [3.63, 3.8) is 0 Å². The summed E-state index contributed by atoms with van der Waals surface area (Å²) in [5, 5.41) is 19.5. The third-order valence-corrected chi connectivity index (χ3v) is 4.02. The molecule has 2 heterocycles. The van der Waals surface area contributed by atoms with Crippen molar-refractivity contribution in [2.75, 3.05) is 16.3 Å². The van der Waals surface area contributed by atoms with Crippen molar-refractivity contribution in [3.05, 3.63) is 60.4 Å². The number of rotatable bonds is 1. The first-order chi connectivity index (χ1) is 10.2. The minimum Gasteiger partial charge on any atom is -0.508 e. The quantitative estimate of drug-likeness (QED) is 0.843. The Hall–Kier alpha value is -2.46. The average molecular weight is 280 g/mol. The predicted octanol–water partition coefficient (Wildman–Crippen LogP) is 2.96. The highest BCUT2D eigenvalue weighted by atomic mass is 16.3. The van der Waals surface area contributed by atoms with Crippen LogP contribution in [-0.2, 0) is 0 Å². The number of para-hydroxylation sites is 2. The molecule has 0 saturated heterocycles. The number of benzene rings is 2. The molecule has 0 spiro atoms. The van der Waals surface area contributed by atoms with E-state index >= 15 is 0 Å². The molecule has 0 saturated carbocycles. The summed E-state index contributed by atoms with van der Waals surface area (Å²) in [6, 6.07) is 15.4. The molecule has 2 N–H and O–H groups in total. The number of phenolic OH excluding ortho intramolecular Hbond substituents is 1. The van der Waals surface area contributed by atoms with E-state index in [1.807, 2.05) is 30.3 Å². The molecule has 4 rings (SSSR count). The smallest absolute Gasteiger partial charge is 0.116 e. The van der Waals surface area contributed by atoms with Gasteiger partial charge in [0.05, 0.1) is 17.5 Å². The normalized spacial score (nSPS) is 20.0. The van der Waals surface area contributed by atoms with E-state index in [2.05, 4.69) is 21.9 Å². The van der Waals surface area contributed by atoms with Crippen LogP contribution in [0.1, 0.15) is 6.42 Å². The summed E-state index contributed by atoms with van der Waals surface area (Å²) < 4.78 is 0. The van der Waals surface area contributed by atoms with Crippen molar-refractivity contribution in [3.8, 4) is 5.75 Å². The molecule has 0 amide bonds. The van der Waals surface area contributed by atoms with Gasteiger partial charge < -0.3 is 15.1 Å². The molecule has 4 heteroatoms. The second-order valence-corrected chi connectivity index (χ2v) is 5.37. The fraction of sp³-hybridized carbons (Fsp3) is 0.176. The van der Waals surface area contributed by atoms with E-state index in [0.29, 0.717) is 0 Å². The minimum absolute atomic E-state index is 0.251. The van der Waals surface area contributed by atoms with Gasteiger partial charge in [0.15, 0.2) is 0 Å². The lowest BCUT2D eigenvalue weighted by Gasteiger charge is -2.30. The van der Waals surface area contributed by atoms with Crippen LogP contribution in [0.3, 0.4) is 0 Å². The minimum atomic E-state index is -0.412. The molecule has 1 unspecified atom stereocenters. The Morgan fingerprint density at radius 3 is 2.43 bits per heavy atom. The summed E-state index contributed by atoms with van der Waals surface area (Å²) in [5.41, 5.74) is 3.23. The molecule has 106 valence electrons. The van der Waals surface area contributed by atoms with E-state index in [0.717, 1.165) is 35.8 Å². The monoisotopic (exact) mass is 280 g/mol. The fourth-order valence-electron chi connectivity index (χ4n) is 3.04. The van der Waals surface area contributed by atoms with Crippen LogP contribution in [0.15, 0.2) is 60.4 Å². The molecule has 2 aliphatic rings. The summed E-state index contributed by atoms with van der Waals surface area (Å²) in [6.45, 7) is 0.804. The first-order valence-electron chi connectivity index (χ1n) is 7.10. The van der Waals surface area contributed by atoms with Gasteiger partial charge in [-0.2, -0.15) is 0 Å². The van der Waals surface area contributed by atoms with Crippen LogP contribution in [0, 0.1) is 0 Å². The third-order valence-electron chi connectivity index (χ3n) is 4.02. The number of hydrogen-bond donors (Lipinski definition) is 2. The van der Waals surface area contributed by atoms with Crippen LogP contribution < -0.4 is 9.80 Å². The van der Waals surface area contributed by atoms with Gasteiger partial charge in [0.2, 0.25) is 0 Å². The summed E-state index contributed by atoms with van der Waals surface area (Å²) >= 11 is 0. The van der Waals surface area contributed by atoms with Crippen molar-refractivity contribution >= 4 is 17.1 Å². The van der Waals surface area contributed by atoms with E-state index in [4.69, 9.17) is 0 Å². The van der Waals surface area contributed by atoms with Crippen LogP contribution in [0.25, 0.3) is 0 Å². The summed E-state index contributed by atoms with van der Waals surface area (Å²) in [7, 11) is 0. The van der Waals surface area contributed by atoms with Crippen molar-refractivity contribution in [2.24, 2.45) is 0 Å². The summed E-state index contributed by atoms with van der Waals surface area (Å²) in [4.78, 5) is 4.35. The molecule has 2 aromatic carbocycles. The van der Waals surface area contributed by atoms with E-state index in [9.17, 15) is 10.2 Å². The van der Waals surface area contributed by atoms with Crippen LogP contribution >= 0.6 is 0 Å². The lowest BCUT2D eigenvalue weighted by molar-refractivity contribution is 0.209. The zero-order valence-corrected chi connectivity index (χ0v) is 11.5. The average Bonchev–Trinajstić information content (AvgIpc) is 2.82.